The molecule has 0 bridgehead atoms. The number of hydrogen-bond acceptors (Lipinski definition) is 5. The van der Waals surface area contributed by atoms with Gasteiger partial charge in [0.2, 0.25) is 5.82 Å². The summed E-state index contributed by atoms with van der Waals surface area (Å²) in [6.07, 6.45) is 0.698. The van der Waals surface area contributed by atoms with Crippen LogP contribution < -0.4 is 5.32 Å². The normalized spacial score (nSPS) is 10.4. The third-order valence-corrected chi connectivity index (χ3v) is 1.94. The van der Waals surface area contributed by atoms with E-state index in [0.717, 1.165) is 0 Å². The first-order valence-corrected chi connectivity index (χ1v) is 4.85. The molecule has 0 saturated heterocycles. The summed E-state index contributed by atoms with van der Waals surface area (Å²) in [5, 5.41) is 12.6. The Hall–Kier alpha value is -2.18. The molecule has 0 aliphatic heterocycles. The van der Waals surface area contributed by atoms with Crippen molar-refractivity contribution in [2.45, 2.75) is 20.3 Å². The first-order chi connectivity index (χ1) is 7.69. The van der Waals surface area contributed by atoms with Crippen molar-refractivity contribution >= 4 is 11.7 Å². The number of carbonyl (C=O) groups is 1. The SMILES string of the molecule is CCc1nc(C(=O)Nc2cc(C)on2)n[nH]1. The second-order valence-corrected chi connectivity index (χ2v) is 3.24. The summed E-state index contributed by atoms with van der Waals surface area (Å²) in [5.41, 5.74) is 0. The zero-order valence-corrected chi connectivity index (χ0v) is 8.94. The average molecular weight is 221 g/mol. The van der Waals surface area contributed by atoms with Gasteiger partial charge in [0.1, 0.15) is 11.6 Å². The molecular formula is C9H11N5O2. The molecule has 0 saturated carbocycles. The fourth-order valence-electron chi connectivity index (χ4n) is 1.15. The molecule has 2 rings (SSSR count). The summed E-state index contributed by atoms with van der Waals surface area (Å²) in [5.74, 6) is 1.33. The Balaban J connectivity index is 2.08. The Morgan fingerprint density at radius 3 is 3.00 bits per heavy atom. The summed E-state index contributed by atoms with van der Waals surface area (Å²) < 4.78 is 4.81. The maximum atomic E-state index is 11.6. The molecule has 7 heteroatoms. The van der Waals surface area contributed by atoms with Gasteiger partial charge in [-0.3, -0.25) is 9.89 Å². The number of aromatic amines is 1. The lowest BCUT2D eigenvalue weighted by Crippen LogP contribution is -2.14. The zero-order chi connectivity index (χ0) is 11.5. The highest BCUT2D eigenvalue weighted by Crippen LogP contribution is 2.07. The summed E-state index contributed by atoms with van der Waals surface area (Å²) in [6.45, 7) is 3.66. The lowest BCUT2D eigenvalue weighted by molar-refractivity contribution is 0.101. The number of aryl methyl sites for hydroxylation is 2. The summed E-state index contributed by atoms with van der Waals surface area (Å²) in [7, 11) is 0. The van der Waals surface area contributed by atoms with Crippen molar-refractivity contribution in [1.29, 1.82) is 0 Å². The molecule has 1 amide bonds. The van der Waals surface area contributed by atoms with E-state index in [1.54, 1.807) is 13.0 Å². The Labute approximate surface area is 91.2 Å². The van der Waals surface area contributed by atoms with Crippen LogP contribution in [-0.2, 0) is 6.42 Å². The minimum Gasteiger partial charge on any atom is -0.360 e. The van der Waals surface area contributed by atoms with Crippen LogP contribution in [0, 0.1) is 6.92 Å². The van der Waals surface area contributed by atoms with Crippen LogP contribution in [0.1, 0.15) is 29.1 Å². The monoisotopic (exact) mass is 221 g/mol. The predicted octanol–water partition coefficient (Wildman–Crippen LogP) is 0.916. The second-order valence-electron chi connectivity index (χ2n) is 3.24. The van der Waals surface area contributed by atoms with Crippen LogP contribution in [0.4, 0.5) is 5.82 Å². The molecule has 0 spiro atoms. The fraction of sp³-hybridized carbons (Fsp3) is 0.333. The average Bonchev–Trinajstić information content (AvgIpc) is 2.87. The number of rotatable bonds is 3. The van der Waals surface area contributed by atoms with Gasteiger partial charge in [-0.15, -0.1) is 5.10 Å². The van der Waals surface area contributed by atoms with E-state index in [2.05, 4.69) is 25.7 Å². The van der Waals surface area contributed by atoms with Crippen LogP contribution >= 0.6 is 0 Å². The Morgan fingerprint density at radius 2 is 2.44 bits per heavy atom. The number of aromatic nitrogens is 4. The molecule has 0 radical (unpaired) electrons. The minimum atomic E-state index is -0.413. The van der Waals surface area contributed by atoms with E-state index >= 15 is 0 Å². The zero-order valence-electron chi connectivity index (χ0n) is 8.94. The predicted molar refractivity (Wildman–Crippen MR) is 55.0 cm³/mol. The number of hydrogen-bond donors (Lipinski definition) is 2. The lowest BCUT2D eigenvalue weighted by atomic mass is 10.4. The van der Waals surface area contributed by atoms with Gasteiger partial charge in [-0.1, -0.05) is 12.1 Å². The van der Waals surface area contributed by atoms with Crippen molar-refractivity contribution in [3.63, 3.8) is 0 Å². The van der Waals surface area contributed by atoms with Gasteiger partial charge in [-0.2, -0.15) is 0 Å². The van der Waals surface area contributed by atoms with Crippen molar-refractivity contribution in [1.82, 2.24) is 20.3 Å². The molecule has 0 aromatic carbocycles. The number of nitrogens with one attached hydrogen (secondary N) is 2. The first-order valence-electron chi connectivity index (χ1n) is 4.85. The highest BCUT2D eigenvalue weighted by molar-refractivity contribution is 6.00. The Morgan fingerprint density at radius 1 is 1.62 bits per heavy atom. The van der Waals surface area contributed by atoms with E-state index in [0.29, 0.717) is 23.8 Å². The van der Waals surface area contributed by atoms with Crippen LogP contribution in [0.15, 0.2) is 10.6 Å². The molecule has 2 aromatic rings. The van der Waals surface area contributed by atoms with Gasteiger partial charge in [0.15, 0.2) is 5.82 Å². The molecule has 0 aliphatic carbocycles. The third-order valence-electron chi connectivity index (χ3n) is 1.94. The molecular weight excluding hydrogens is 210 g/mol. The maximum Gasteiger partial charge on any atom is 0.296 e. The molecule has 0 atom stereocenters. The van der Waals surface area contributed by atoms with Gasteiger partial charge in [0.25, 0.3) is 5.91 Å². The molecule has 84 valence electrons. The first kappa shape index (κ1) is 10.3. The topological polar surface area (TPSA) is 96.7 Å². The van der Waals surface area contributed by atoms with Gasteiger partial charge in [-0.25, -0.2) is 4.98 Å². The van der Waals surface area contributed by atoms with Crippen LogP contribution in [0.2, 0.25) is 0 Å². The van der Waals surface area contributed by atoms with E-state index in [4.69, 9.17) is 4.52 Å². The van der Waals surface area contributed by atoms with Gasteiger partial charge < -0.3 is 9.84 Å². The van der Waals surface area contributed by atoms with Crippen LogP contribution in [0.5, 0.6) is 0 Å². The van der Waals surface area contributed by atoms with Gasteiger partial charge in [0.05, 0.1) is 0 Å². The molecule has 16 heavy (non-hydrogen) atoms. The molecule has 2 heterocycles. The minimum absolute atomic E-state index is 0.0949. The molecule has 2 aromatic heterocycles. The molecule has 2 N–H and O–H groups in total. The van der Waals surface area contributed by atoms with Gasteiger partial charge >= 0.3 is 0 Å². The van der Waals surface area contributed by atoms with Crippen LogP contribution in [0.3, 0.4) is 0 Å². The number of H-pyrrole nitrogens is 1. The molecule has 0 aliphatic rings. The van der Waals surface area contributed by atoms with Gasteiger partial charge in [-0.05, 0) is 6.92 Å². The lowest BCUT2D eigenvalue weighted by Gasteiger charge is -1.94. The largest absolute Gasteiger partial charge is 0.360 e. The quantitative estimate of drug-likeness (QED) is 0.803. The van der Waals surface area contributed by atoms with Crippen molar-refractivity contribution in [2.75, 3.05) is 5.32 Å². The smallest absolute Gasteiger partial charge is 0.296 e. The molecule has 7 nitrogen and oxygen atoms in total. The van der Waals surface area contributed by atoms with Crippen LogP contribution in [0.25, 0.3) is 0 Å². The maximum absolute atomic E-state index is 11.6. The van der Waals surface area contributed by atoms with Gasteiger partial charge in [0, 0.05) is 12.5 Å². The van der Waals surface area contributed by atoms with E-state index < -0.39 is 5.91 Å². The molecule has 0 fully saturated rings. The number of nitrogens with zero attached hydrogens (tertiary/aromatic N) is 3. The summed E-state index contributed by atoms with van der Waals surface area (Å²) >= 11 is 0. The van der Waals surface area contributed by atoms with E-state index in [9.17, 15) is 4.79 Å². The van der Waals surface area contributed by atoms with Crippen molar-refractivity contribution in [3.8, 4) is 0 Å². The highest BCUT2D eigenvalue weighted by atomic mass is 16.5. The summed E-state index contributed by atoms with van der Waals surface area (Å²) in [6, 6.07) is 1.62. The van der Waals surface area contributed by atoms with Crippen LogP contribution in [-0.4, -0.2) is 26.2 Å². The molecule has 0 unspecified atom stereocenters. The third kappa shape index (κ3) is 2.08. The van der Waals surface area contributed by atoms with Crippen molar-refractivity contribution < 1.29 is 9.32 Å². The Bertz CT molecular complexity index is 501. The summed E-state index contributed by atoms with van der Waals surface area (Å²) in [4.78, 5) is 15.6. The number of anilines is 1. The fourth-order valence-corrected chi connectivity index (χ4v) is 1.15. The highest BCUT2D eigenvalue weighted by Gasteiger charge is 2.13. The van der Waals surface area contributed by atoms with E-state index in [1.165, 1.54) is 0 Å². The van der Waals surface area contributed by atoms with E-state index in [1.807, 2.05) is 6.92 Å². The van der Waals surface area contributed by atoms with Crippen molar-refractivity contribution in [2.24, 2.45) is 0 Å². The van der Waals surface area contributed by atoms with Crippen molar-refractivity contribution in [3.05, 3.63) is 23.5 Å². The Kier molecular flexibility index (Phi) is 2.67. The standard InChI is InChI=1S/C9H11N5O2/c1-3-6-10-8(13-12-6)9(15)11-7-4-5(2)16-14-7/h4H,3H2,1-2H3,(H,10,12,13)(H,11,14,15). The number of carbonyl (C=O) groups excluding carboxylic acids is 1. The van der Waals surface area contributed by atoms with E-state index in [-0.39, 0.29) is 5.82 Å². The second kappa shape index (κ2) is 4.13. The number of amides is 1.